The van der Waals surface area contributed by atoms with Gasteiger partial charge in [0, 0.05) is 0 Å². The third kappa shape index (κ3) is 6.84. The summed E-state index contributed by atoms with van der Waals surface area (Å²) in [6.45, 7) is 0.146. The zero-order valence-corrected chi connectivity index (χ0v) is 15.6. The highest BCUT2D eigenvalue weighted by atomic mass is 31.2. The van der Waals surface area contributed by atoms with E-state index in [1.807, 2.05) is 9.47 Å². The molecule has 0 fully saturated rings. The Hall–Kier alpha value is -1.30. The van der Waals surface area contributed by atoms with Gasteiger partial charge in [-0.15, -0.1) is 0 Å². The van der Waals surface area contributed by atoms with Gasteiger partial charge < -0.3 is 4.74 Å². The minimum Gasteiger partial charge on any atom is -0.398 e. The molecule has 0 radical (unpaired) electrons. The zero-order valence-electron chi connectivity index (χ0n) is 14.7. The summed E-state index contributed by atoms with van der Waals surface area (Å²) in [6.07, 6.45) is -32.2. The Morgan fingerprint density at radius 3 is 1.48 bits per heavy atom. The van der Waals surface area contributed by atoms with Crippen LogP contribution >= 0.6 is 7.82 Å². The van der Waals surface area contributed by atoms with Crippen LogP contribution in [0.2, 0.25) is 0 Å². The van der Waals surface area contributed by atoms with Gasteiger partial charge in [-0.3, -0.25) is 13.8 Å². The Morgan fingerprint density at radius 1 is 0.742 bits per heavy atom. The number of hydrogen-bond donors (Lipinski definition) is 0. The lowest BCUT2D eigenvalue weighted by Crippen LogP contribution is -2.63. The molecule has 186 valence electrons. The molecule has 0 amide bonds. The summed E-state index contributed by atoms with van der Waals surface area (Å²) in [5, 5.41) is 0. The molecule has 0 heterocycles. The highest BCUT2D eigenvalue weighted by Gasteiger charge is 2.81. The molecule has 0 saturated heterocycles. The van der Waals surface area contributed by atoms with Crippen LogP contribution in [-0.2, 0) is 27.6 Å². The summed E-state index contributed by atoms with van der Waals surface area (Å²) < 4.78 is 195. The number of hydrogen-bond acceptors (Lipinski definition) is 6. The Labute approximate surface area is 163 Å². The smallest absolute Gasteiger partial charge is 0.398 e. The number of halogens is 13. The molecule has 31 heavy (non-hydrogen) atoms. The predicted octanol–water partition coefficient (Wildman–Crippen LogP) is 6.26. The second-order valence-electron chi connectivity index (χ2n) is 4.76. The molecule has 0 bridgehead atoms. The molecule has 20 heteroatoms. The third-order valence-corrected chi connectivity index (χ3v) is 4.12. The molecule has 0 aliphatic heterocycles. The van der Waals surface area contributed by atoms with Gasteiger partial charge in [0.2, 0.25) is 0 Å². The molecule has 0 aliphatic rings. The van der Waals surface area contributed by atoms with Crippen LogP contribution in [0.25, 0.3) is 0 Å². The Bertz CT molecular complexity index is 682. The van der Waals surface area contributed by atoms with Crippen LogP contribution in [0.5, 0.6) is 0 Å². The van der Waals surface area contributed by atoms with Gasteiger partial charge in [0.05, 0.1) is 13.2 Å². The van der Waals surface area contributed by atoms with E-state index in [1.165, 1.54) is 0 Å². The number of ether oxygens (including phenoxy) is 2. The first kappa shape index (κ1) is 29.7. The number of rotatable bonds is 12. The maximum Gasteiger partial charge on any atom is 0.479 e. The van der Waals surface area contributed by atoms with Gasteiger partial charge in [0.15, 0.2) is 0 Å². The van der Waals surface area contributed by atoms with Gasteiger partial charge in [0.1, 0.15) is 0 Å². The van der Waals surface area contributed by atoms with Crippen LogP contribution in [0.3, 0.4) is 0 Å². The molecule has 0 aliphatic carbocycles. The van der Waals surface area contributed by atoms with E-state index in [2.05, 4.69) is 13.6 Å². The fourth-order valence-electron chi connectivity index (χ4n) is 1.33. The average molecular weight is 516 g/mol. The van der Waals surface area contributed by atoms with Crippen molar-refractivity contribution in [1.29, 1.82) is 0 Å². The quantitative estimate of drug-likeness (QED) is 0.174. The molecule has 0 rings (SSSR count). The molecule has 0 aromatic carbocycles. The standard InChI is InChI=1S/C11H10F13O6P/c1-3-26-31(25,27-4-2)30-11(23,24)10(21,22)29-7(15,8(16,17)18)9(19,20)28-6(14)5(12)13/h3-4H2,1-2H3. The summed E-state index contributed by atoms with van der Waals surface area (Å²) in [6, 6.07) is -3.89. The van der Waals surface area contributed by atoms with E-state index < -0.39 is 63.5 Å². The molecule has 0 aromatic heterocycles. The molecule has 0 spiro atoms. The Kier molecular flexibility index (Phi) is 9.27. The molecule has 0 saturated carbocycles. The molecule has 1 unspecified atom stereocenters. The monoisotopic (exact) mass is 516 g/mol. The second-order valence-corrected chi connectivity index (χ2v) is 6.35. The Balaban J connectivity index is 6.25. The van der Waals surface area contributed by atoms with Crippen molar-refractivity contribution in [3.63, 3.8) is 0 Å². The van der Waals surface area contributed by atoms with Crippen LogP contribution in [-0.4, -0.2) is 43.6 Å². The fraction of sp³-hybridized carbons (Fsp3) is 0.818. The van der Waals surface area contributed by atoms with Crippen molar-refractivity contribution in [2.45, 2.75) is 44.2 Å². The maximum atomic E-state index is 13.8. The predicted molar refractivity (Wildman–Crippen MR) is 69.2 cm³/mol. The Morgan fingerprint density at radius 2 is 1.16 bits per heavy atom. The van der Waals surface area contributed by atoms with E-state index in [0.717, 1.165) is 13.8 Å². The second kappa shape index (κ2) is 9.68. The molecule has 1 atom stereocenters. The van der Waals surface area contributed by atoms with Gasteiger partial charge in [0.25, 0.3) is 0 Å². The van der Waals surface area contributed by atoms with Gasteiger partial charge in [-0.25, -0.2) is 9.09 Å². The number of phosphoric acid groups is 1. The lowest BCUT2D eigenvalue weighted by Gasteiger charge is -2.37. The normalized spacial score (nSPS) is 16.1. The van der Waals surface area contributed by atoms with Crippen LogP contribution in [0.1, 0.15) is 13.8 Å². The minimum atomic E-state index is -7.44. The first-order valence-corrected chi connectivity index (χ1v) is 8.66. The van der Waals surface area contributed by atoms with E-state index in [9.17, 15) is 61.6 Å². The fourth-order valence-corrected chi connectivity index (χ4v) is 2.53. The zero-order chi connectivity index (χ0) is 25.1. The minimum absolute atomic E-state index is 0.846. The number of phosphoric ester groups is 1. The molecule has 0 N–H and O–H groups in total. The van der Waals surface area contributed by atoms with Crippen LogP contribution in [0.15, 0.2) is 12.1 Å². The van der Waals surface area contributed by atoms with Gasteiger partial charge in [-0.2, -0.15) is 57.1 Å². The van der Waals surface area contributed by atoms with E-state index >= 15 is 0 Å². The van der Waals surface area contributed by atoms with Gasteiger partial charge in [-0.1, -0.05) is 0 Å². The van der Waals surface area contributed by atoms with E-state index in [1.54, 1.807) is 0 Å². The summed E-state index contributed by atoms with van der Waals surface area (Å²) >= 11 is 0. The van der Waals surface area contributed by atoms with E-state index in [0.29, 0.717) is 0 Å². The van der Waals surface area contributed by atoms with Crippen molar-refractivity contribution in [3.05, 3.63) is 12.1 Å². The first-order valence-electron chi connectivity index (χ1n) is 7.20. The third-order valence-electron chi connectivity index (χ3n) is 2.51. The van der Waals surface area contributed by atoms with Crippen LogP contribution in [0, 0.1) is 0 Å². The first-order chi connectivity index (χ1) is 13.6. The summed E-state index contributed by atoms with van der Waals surface area (Å²) in [5.74, 6) is -7.38. The van der Waals surface area contributed by atoms with Crippen molar-refractivity contribution in [2.75, 3.05) is 13.2 Å². The van der Waals surface area contributed by atoms with Gasteiger partial charge >= 0.3 is 50.3 Å². The highest BCUT2D eigenvalue weighted by molar-refractivity contribution is 7.48. The molecular formula is C11H10F13O6P. The highest BCUT2D eigenvalue weighted by Crippen LogP contribution is 2.59. The summed E-state index contributed by atoms with van der Waals surface area (Å²) in [4.78, 5) is 0. The lowest BCUT2D eigenvalue weighted by atomic mass is 10.2. The van der Waals surface area contributed by atoms with Crippen molar-refractivity contribution >= 4 is 7.82 Å². The molecule has 6 nitrogen and oxygen atoms in total. The summed E-state index contributed by atoms with van der Waals surface area (Å²) in [5.41, 5.74) is 0. The molecular weight excluding hydrogens is 506 g/mol. The van der Waals surface area contributed by atoms with Crippen molar-refractivity contribution in [3.8, 4) is 0 Å². The SMILES string of the molecule is CCOP(=O)(OCC)OC(F)(F)C(F)(F)OC(F)(C(F)(F)F)C(F)(F)OC(F)=C(F)F. The van der Waals surface area contributed by atoms with Crippen LogP contribution < -0.4 is 0 Å². The number of alkyl halides is 10. The van der Waals surface area contributed by atoms with E-state index in [4.69, 9.17) is 0 Å². The van der Waals surface area contributed by atoms with Crippen molar-refractivity contribution < 1.29 is 84.7 Å². The average Bonchev–Trinajstić information content (AvgIpc) is 2.51. The largest absolute Gasteiger partial charge is 0.479 e. The van der Waals surface area contributed by atoms with Crippen molar-refractivity contribution in [2.24, 2.45) is 0 Å². The van der Waals surface area contributed by atoms with Crippen LogP contribution in [0.4, 0.5) is 57.1 Å². The maximum absolute atomic E-state index is 13.8. The lowest BCUT2D eigenvalue weighted by molar-refractivity contribution is -0.531. The topological polar surface area (TPSA) is 63.2 Å². The molecule has 0 aromatic rings. The van der Waals surface area contributed by atoms with Gasteiger partial charge in [-0.05, 0) is 13.8 Å². The van der Waals surface area contributed by atoms with E-state index in [-0.39, 0.29) is 0 Å². The summed E-state index contributed by atoms with van der Waals surface area (Å²) in [7, 11) is -5.72. The van der Waals surface area contributed by atoms with Crippen molar-refractivity contribution in [1.82, 2.24) is 0 Å².